The number of fused-ring (bicyclic) bond motifs is 1. The van der Waals surface area contributed by atoms with Crippen molar-refractivity contribution in [3.8, 4) is 5.88 Å². The Hall–Kier alpha value is -1.33. The van der Waals surface area contributed by atoms with Gasteiger partial charge in [-0.2, -0.15) is 5.10 Å². The largest absolute Gasteiger partial charge is 0.477 e. The monoisotopic (exact) mass is 295 g/mol. The predicted molar refractivity (Wildman–Crippen MR) is 77.4 cm³/mol. The van der Waals surface area contributed by atoms with Gasteiger partial charge in [-0.25, -0.2) is 4.98 Å². The third kappa shape index (κ3) is 2.60. The molecule has 2 aromatic rings. The summed E-state index contributed by atoms with van der Waals surface area (Å²) < 4.78 is 13.1. The average molecular weight is 296 g/mol. The molecule has 0 amide bonds. The van der Waals surface area contributed by atoms with Crippen molar-refractivity contribution in [1.29, 1.82) is 0 Å². The fourth-order valence-corrected chi connectivity index (χ4v) is 2.69. The van der Waals surface area contributed by atoms with Crippen molar-refractivity contribution >= 4 is 22.5 Å². The molecule has 1 aliphatic heterocycles. The van der Waals surface area contributed by atoms with Crippen molar-refractivity contribution in [3.63, 3.8) is 0 Å². The molecule has 0 spiro atoms. The molecule has 0 bridgehead atoms. The zero-order valence-corrected chi connectivity index (χ0v) is 12.3. The molecule has 20 heavy (non-hydrogen) atoms. The van der Waals surface area contributed by atoms with Crippen LogP contribution in [0.25, 0.3) is 10.9 Å². The van der Waals surface area contributed by atoms with Crippen molar-refractivity contribution in [3.05, 3.63) is 17.4 Å². The molecule has 0 aromatic carbocycles. The first-order valence-electron chi connectivity index (χ1n) is 7.04. The SMILES string of the molecule is CCCOc1nc(Cl)cc2c1cnn2C1CCOCC1. The summed E-state index contributed by atoms with van der Waals surface area (Å²) in [6.07, 6.45) is 4.70. The van der Waals surface area contributed by atoms with E-state index in [-0.39, 0.29) is 0 Å². The number of ether oxygens (including phenoxy) is 2. The van der Waals surface area contributed by atoms with Crippen molar-refractivity contribution in [1.82, 2.24) is 14.8 Å². The van der Waals surface area contributed by atoms with E-state index in [4.69, 9.17) is 21.1 Å². The molecule has 6 heteroatoms. The van der Waals surface area contributed by atoms with Gasteiger partial charge >= 0.3 is 0 Å². The van der Waals surface area contributed by atoms with E-state index >= 15 is 0 Å². The van der Waals surface area contributed by atoms with E-state index in [0.29, 0.717) is 23.7 Å². The Morgan fingerprint density at radius 1 is 1.45 bits per heavy atom. The number of nitrogens with zero attached hydrogens (tertiary/aromatic N) is 3. The average Bonchev–Trinajstić information content (AvgIpc) is 2.89. The second-order valence-corrected chi connectivity index (χ2v) is 5.35. The lowest BCUT2D eigenvalue weighted by atomic mass is 10.1. The van der Waals surface area contributed by atoms with Gasteiger partial charge in [-0.15, -0.1) is 0 Å². The summed E-state index contributed by atoms with van der Waals surface area (Å²) in [4.78, 5) is 4.26. The minimum Gasteiger partial charge on any atom is -0.477 e. The van der Waals surface area contributed by atoms with Crippen LogP contribution in [0.15, 0.2) is 12.3 Å². The van der Waals surface area contributed by atoms with E-state index in [1.165, 1.54) is 0 Å². The van der Waals surface area contributed by atoms with Crippen LogP contribution in [0.2, 0.25) is 5.15 Å². The van der Waals surface area contributed by atoms with Crippen LogP contribution in [-0.2, 0) is 4.74 Å². The highest BCUT2D eigenvalue weighted by atomic mass is 35.5. The van der Waals surface area contributed by atoms with Crippen LogP contribution in [0.1, 0.15) is 32.2 Å². The van der Waals surface area contributed by atoms with Crippen LogP contribution in [0, 0.1) is 0 Å². The lowest BCUT2D eigenvalue weighted by molar-refractivity contribution is 0.0675. The Labute approximate surface area is 122 Å². The molecule has 1 saturated heterocycles. The van der Waals surface area contributed by atoms with Gasteiger partial charge in [0, 0.05) is 19.3 Å². The lowest BCUT2D eigenvalue weighted by Crippen LogP contribution is -2.20. The number of aromatic nitrogens is 3. The van der Waals surface area contributed by atoms with E-state index in [1.807, 2.05) is 16.9 Å². The summed E-state index contributed by atoms with van der Waals surface area (Å²) in [6.45, 7) is 4.26. The second-order valence-electron chi connectivity index (χ2n) is 4.96. The molecule has 0 unspecified atom stereocenters. The Balaban J connectivity index is 2.00. The normalized spacial score (nSPS) is 16.7. The number of pyridine rings is 1. The number of rotatable bonds is 4. The van der Waals surface area contributed by atoms with Gasteiger partial charge in [0.1, 0.15) is 5.15 Å². The molecule has 0 aliphatic carbocycles. The van der Waals surface area contributed by atoms with Gasteiger partial charge in [0.15, 0.2) is 0 Å². The van der Waals surface area contributed by atoms with Crippen molar-refractivity contribution in [2.75, 3.05) is 19.8 Å². The van der Waals surface area contributed by atoms with Gasteiger partial charge in [-0.1, -0.05) is 18.5 Å². The Morgan fingerprint density at radius 2 is 2.25 bits per heavy atom. The molecular formula is C14H18ClN3O2. The van der Waals surface area contributed by atoms with Crippen LogP contribution in [-0.4, -0.2) is 34.6 Å². The standard InChI is InChI=1S/C14H18ClN3O2/c1-2-5-20-14-11-9-16-18(10-3-6-19-7-4-10)12(11)8-13(15)17-14/h8-10H,2-7H2,1H3. The molecule has 0 radical (unpaired) electrons. The minimum absolute atomic E-state index is 0.360. The number of hydrogen-bond donors (Lipinski definition) is 0. The molecule has 3 heterocycles. The minimum atomic E-state index is 0.360. The predicted octanol–water partition coefficient (Wildman–Crippen LogP) is 3.23. The van der Waals surface area contributed by atoms with Crippen LogP contribution in [0.4, 0.5) is 0 Å². The van der Waals surface area contributed by atoms with Gasteiger partial charge in [0.25, 0.3) is 0 Å². The number of hydrogen-bond acceptors (Lipinski definition) is 4. The summed E-state index contributed by atoms with van der Waals surface area (Å²) in [5, 5.41) is 5.88. The highest BCUT2D eigenvalue weighted by Crippen LogP contribution is 2.31. The highest BCUT2D eigenvalue weighted by molar-refractivity contribution is 6.30. The number of halogens is 1. The van der Waals surface area contributed by atoms with E-state index in [0.717, 1.165) is 43.4 Å². The first kappa shape index (κ1) is 13.6. The Bertz CT molecular complexity index is 593. The summed E-state index contributed by atoms with van der Waals surface area (Å²) in [5.74, 6) is 0.577. The molecule has 0 atom stereocenters. The molecule has 3 rings (SSSR count). The summed E-state index contributed by atoms with van der Waals surface area (Å²) in [7, 11) is 0. The maximum absolute atomic E-state index is 6.11. The van der Waals surface area contributed by atoms with Gasteiger partial charge in [0.05, 0.1) is 29.7 Å². The molecule has 0 N–H and O–H groups in total. The molecule has 108 valence electrons. The maximum Gasteiger partial charge on any atom is 0.226 e. The van der Waals surface area contributed by atoms with Crippen LogP contribution >= 0.6 is 11.6 Å². The van der Waals surface area contributed by atoms with E-state index in [2.05, 4.69) is 17.0 Å². The molecule has 1 aliphatic rings. The van der Waals surface area contributed by atoms with Gasteiger partial charge in [-0.3, -0.25) is 4.68 Å². The summed E-state index contributed by atoms with van der Waals surface area (Å²) in [5.41, 5.74) is 0.989. The van der Waals surface area contributed by atoms with Gasteiger partial charge in [0.2, 0.25) is 5.88 Å². The molecular weight excluding hydrogens is 278 g/mol. The van der Waals surface area contributed by atoms with Gasteiger partial charge < -0.3 is 9.47 Å². The van der Waals surface area contributed by atoms with Crippen molar-refractivity contribution in [2.45, 2.75) is 32.2 Å². The molecule has 5 nitrogen and oxygen atoms in total. The lowest BCUT2D eigenvalue weighted by Gasteiger charge is -2.23. The molecule has 0 saturated carbocycles. The third-order valence-electron chi connectivity index (χ3n) is 3.51. The highest BCUT2D eigenvalue weighted by Gasteiger charge is 2.20. The quantitative estimate of drug-likeness (QED) is 0.813. The van der Waals surface area contributed by atoms with Gasteiger partial charge in [-0.05, 0) is 19.3 Å². The summed E-state index contributed by atoms with van der Waals surface area (Å²) >= 11 is 6.11. The van der Waals surface area contributed by atoms with E-state index in [1.54, 1.807) is 0 Å². The third-order valence-corrected chi connectivity index (χ3v) is 3.70. The first-order valence-corrected chi connectivity index (χ1v) is 7.41. The Kier molecular flexibility index (Phi) is 4.08. The molecule has 1 fully saturated rings. The van der Waals surface area contributed by atoms with E-state index < -0.39 is 0 Å². The topological polar surface area (TPSA) is 49.2 Å². The van der Waals surface area contributed by atoms with Crippen molar-refractivity contribution in [2.24, 2.45) is 0 Å². The fourth-order valence-electron chi connectivity index (χ4n) is 2.51. The first-order chi connectivity index (χ1) is 9.79. The summed E-state index contributed by atoms with van der Waals surface area (Å²) in [6, 6.07) is 2.22. The zero-order valence-electron chi connectivity index (χ0n) is 11.5. The van der Waals surface area contributed by atoms with Crippen molar-refractivity contribution < 1.29 is 9.47 Å². The van der Waals surface area contributed by atoms with Crippen LogP contribution in [0.3, 0.4) is 0 Å². The zero-order chi connectivity index (χ0) is 13.9. The van der Waals surface area contributed by atoms with Crippen LogP contribution < -0.4 is 4.74 Å². The second kappa shape index (κ2) is 5.97. The maximum atomic E-state index is 6.11. The Morgan fingerprint density at radius 3 is 3.00 bits per heavy atom. The smallest absolute Gasteiger partial charge is 0.226 e. The fraction of sp³-hybridized carbons (Fsp3) is 0.571. The van der Waals surface area contributed by atoms with Crippen LogP contribution in [0.5, 0.6) is 5.88 Å². The molecule has 2 aromatic heterocycles. The van der Waals surface area contributed by atoms with E-state index in [9.17, 15) is 0 Å².